The van der Waals surface area contributed by atoms with E-state index in [-0.39, 0.29) is 5.97 Å². The molecular formula is C21H24F3NO2. The minimum absolute atomic E-state index is 0.379. The Morgan fingerprint density at radius 3 is 2.00 bits per heavy atom. The summed E-state index contributed by atoms with van der Waals surface area (Å²) in [6, 6.07) is 13.6. The molecule has 0 aliphatic rings. The number of anilines is 1. The van der Waals surface area contributed by atoms with Crippen molar-refractivity contribution in [1.29, 1.82) is 0 Å². The molecular weight excluding hydrogens is 355 g/mol. The Balaban J connectivity index is 2.27. The fourth-order valence-corrected chi connectivity index (χ4v) is 2.62. The number of ether oxygens (including phenoxy) is 1. The fraction of sp³-hybridized carbons (Fsp3) is 0.381. The van der Waals surface area contributed by atoms with Gasteiger partial charge < -0.3 is 10.1 Å². The Kier molecular flexibility index (Phi) is 6.19. The summed E-state index contributed by atoms with van der Waals surface area (Å²) < 4.78 is 43.7. The Morgan fingerprint density at radius 2 is 1.52 bits per heavy atom. The average Bonchev–Trinajstić information content (AvgIpc) is 2.58. The lowest BCUT2D eigenvalue weighted by atomic mass is 9.93. The van der Waals surface area contributed by atoms with Crippen LogP contribution >= 0.6 is 0 Å². The molecule has 6 heteroatoms. The van der Waals surface area contributed by atoms with E-state index < -0.39 is 29.3 Å². The zero-order valence-corrected chi connectivity index (χ0v) is 15.8. The van der Waals surface area contributed by atoms with E-state index in [0.29, 0.717) is 5.69 Å². The van der Waals surface area contributed by atoms with Crippen LogP contribution in [0, 0.1) is 5.92 Å². The topological polar surface area (TPSA) is 38.3 Å². The fourth-order valence-electron chi connectivity index (χ4n) is 2.62. The maximum absolute atomic E-state index is 12.8. The predicted molar refractivity (Wildman–Crippen MR) is 99.3 cm³/mol. The van der Waals surface area contributed by atoms with E-state index in [1.165, 1.54) is 12.1 Å². The van der Waals surface area contributed by atoms with Crippen molar-refractivity contribution in [3.05, 3.63) is 65.7 Å². The van der Waals surface area contributed by atoms with Crippen molar-refractivity contribution < 1.29 is 22.7 Å². The van der Waals surface area contributed by atoms with Gasteiger partial charge in [-0.15, -0.1) is 0 Å². The molecule has 2 rings (SSSR count). The van der Waals surface area contributed by atoms with Gasteiger partial charge in [-0.1, -0.05) is 30.3 Å². The Labute approximate surface area is 157 Å². The zero-order chi connectivity index (χ0) is 20.2. The Morgan fingerprint density at radius 1 is 0.963 bits per heavy atom. The van der Waals surface area contributed by atoms with Gasteiger partial charge in [0.15, 0.2) is 0 Å². The molecule has 2 aromatic rings. The summed E-state index contributed by atoms with van der Waals surface area (Å²) in [6.45, 7) is 7.11. The number of hydrogen-bond acceptors (Lipinski definition) is 3. The molecule has 2 aromatic carbocycles. The Hall–Kier alpha value is -2.50. The first-order chi connectivity index (χ1) is 12.5. The van der Waals surface area contributed by atoms with Crippen LogP contribution in [0.5, 0.6) is 0 Å². The van der Waals surface area contributed by atoms with Crippen LogP contribution in [0.2, 0.25) is 0 Å². The smallest absolute Gasteiger partial charge is 0.416 e. The lowest BCUT2D eigenvalue weighted by Gasteiger charge is -2.28. The van der Waals surface area contributed by atoms with Gasteiger partial charge in [-0.25, -0.2) is 0 Å². The summed E-state index contributed by atoms with van der Waals surface area (Å²) in [4.78, 5) is 12.5. The number of halogens is 3. The van der Waals surface area contributed by atoms with Crippen molar-refractivity contribution >= 4 is 11.7 Å². The molecule has 0 aromatic heterocycles. The van der Waals surface area contributed by atoms with E-state index in [4.69, 9.17) is 4.74 Å². The second kappa shape index (κ2) is 8.03. The number of esters is 1. The van der Waals surface area contributed by atoms with Crippen molar-refractivity contribution in [1.82, 2.24) is 0 Å². The summed E-state index contributed by atoms with van der Waals surface area (Å²) >= 11 is 0. The summed E-state index contributed by atoms with van der Waals surface area (Å²) in [7, 11) is 0. The molecule has 1 N–H and O–H groups in total. The molecule has 0 aliphatic carbocycles. The molecule has 0 fully saturated rings. The van der Waals surface area contributed by atoms with Crippen LogP contribution in [0.15, 0.2) is 54.6 Å². The SMILES string of the molecule is C[C@@H](C(=O)OC(C)(C)C)[C@H](Nc1ccc(C(F)(F)F)cc1)c1ccccc1. The third-order valence-electron chi connectivity index (χ3n) is 3.97. The first-order valence-corrected chi connectivity index (χ1v) is 8.69. The number of carbonyl (C=O) groups excluding carboxylic acids is 1. The van der Waals surface area contributed by atoms with E-state index in [2.05, 4.69) is 5.32 Å². The number of carbonyl (C=O) groups is 1. The molecule has 146 valence electrons. The summed E-state index contributed by atoms with van der Waals surface area (Å²) in [5.74, 6) is -0.926. The van der Waals surface area contributed by atoms with Crippen molar-refractivity contribution in [3.63, 3.8) is 0 Å². The highest BCUT2D eigenvalue weighted by atomic mass is 19.4. The minimum Gasteiger partial charge on any atom is -0.460 e. The normalized spacial score (nSPS) is 14.3. The molecule has 0 unspecified atom stereocenters. The van der Waals surface area contributed by atoms with Crippen LogP contribution in [0.25, 0.3) is 0 Å². The van der Waals surface area contributed by atoms with Crippen molar-refractivity contribution in [2.75, 3.05) is 5.32 Å². The van der Waals surface area contributed by atoms with Crippen molar-refractivity contribution in [3.8, 4) is 0 Å². The number of nitrogens with one attached hydrogen (secondary N) is 1. The monoisotopic (exact) mass is 379 g/mol. The number of rotatable bonds is 5. The maximum atomic E-state index is 12.8. The average molecular weight is 379 g/mol. The molecule has 0 spiro atoms. The predicted octanol–water partition coefficient (Wildman–Crippen LogP) is 5.84. The van der Waals surface area contributed by atoms with E-state index in [1.54, 1.807) is 27.7 Å². The van der Waals surface area contributed by atoms with Gasteiger partial charge >= 0.3 is 12.1 Å². The summed E-state index contributed by atoms with van der Waals surface area (Å²) in [6.07, 6.45) is -4.39. The second-order valence-corrected chi connectivity index (χ2v) is 7.43. The second-order valence-electron chi connectivity index (χ2n) is 7.43. The molecule has 0 amide bonds. The van der Waals surface area contributed by atoms with E-state index in [0.717, 1.165) is 17.7 Å². The number of alkyl halides is 3. The molecule has 27 heavy (non-hydrogen) atoms. The van der Waals surface area contributed by atoms with E-state index in [9.17, 15) is 18.0 Å². The van der Waals surface area contributed by atoms with Crippen LogP contribution in [-0.4, -0.2) is 11.6 Å². The third-order valence-corrected chi connectivity index (χ3v) is 3.97. The van der Waals surface area contributed by atoms with Crippen LogP contribution in [0.1, 0.15) is 44.9 Å². The van der Waals surface area contributed by atoms with Crippen molar-refractivity contribution in [2.45, 2.75) is 45.5 Å². The van der Waals surface area contributed by atoms with Crippen LogP contribution < -0.4 is 5.32 Å². The zero-order valence-electron chi connectivity index (χ0n) is 15.8. The molecule has 0 bridgehead atoms. The number of hydrogen-bond donors (Lipinski definition) is 1. The standard InChI is InChI=1S/C21H24F3NO2/c1-14(19(26)27-20(2,3)4)18(15-8-6-5-7-9-15)25-17-12-10-16(11-13-17)21(22,23)24/h5-14,18,25H,1-4H3/t14-,18+/m1/s1. The maximum Gasteiger partial charge on any atom is 0.416 e. The van der Waals surface area contributed by atoms with Gasteiger partial charge in [0.25, 0.3) is 0 Å². The molecule has 0 radical (unpaired) electrons. The van der Waals surface area contributed by atoms with Gasteiger partial charge in [0.05, 0.1) is 17.5 Å². The number of benzene rings is 2. The molecule has 3 nitrogen and oxygen atoms in total. The lowest BCUT2D eigenvalue weighted by molar-refractivity contribution is -0.159. The lowest BCUT2D eigenvalue weighted by Crippen LogP contribution is -2.32. The van der Waals surface area contributed by atoms with Crippen LogP contribution in [0.3, 0.4) is 0 Å². The third kappa shape index (κ3) is 6.01. The Bertz CT molecular complexity index is 750. The van der Waals surface area contributed by atoms with Gasteiger partial charge in [-0.2, -0.15) is 13.2 Å². The highest BCUT2D eigenvalue weighted by molar-refractivity contribution is 5.74. The van der Waals surface area contributed by atoms with E-state index >= 15 is 0 Å². The summed E-state index contributed by atoms with van der Waals surface area (Å²) in [5.41, 5.74) is -0.00599. The quantitative estimate of drug-likeness (QED) is 0.664. The van der Waals surface area contributed by atoms with Gasteiger partial charge in [-0.05, 0) is 57.5 Å². The van der Waals surface area contributed by atoms with E-state index in [1.807, 2.05) is 30.3 Å². The largest absolute Gasteiger partial charge is 0.460 e. The molecule has 0 saturated carbocycles. The summed E-state index contributed by atoms with van der Waals surface area (Å²) in [5, 5.41) is 3.17. The first kappa shape index (κ1) is 20.8. The highest BCUT2D eigenvalue weighted by Crippen LogP contribution is 2.32. The molecule has 2 atom stereocenters. The minimum atomic E-state index is -4.39. The van der Waals surface area contributed by atoms with Crippen LogP contribution in [0.4, 0.5) is 18.9 Å². The first-order valence-electron chi connectivity index (χ1n) is 8.69. The van der Waals surface area contributed by atoms with Gasteiger partial charge in [0.2, 0.25) is 0 Å². The van der Waals surface area contributed by atoms with Gasteiger partial charge in [0, 0.05) is 5.69 Å². The van der Waals surface area contributed by atoms with Crippen LogP contribution in [-0.2, 0) is 15.7 Å². The molecule has 0 heterocycles. The molecule has 0 aliphatic heterocycles. The highest BCUT2D eigenvalue weighted by Gasteiger charge is 2.31. The molecule has 0 saturated heterocycles. The van der Waals surface area contributed by atoms with Gasteiger partial charge in [-0.3, -0.25) is 4.79 Å². The van der Waals surface area contributed by atoms with Gasteiger partial charge in [0.1, 0.15) is 5.60 Å². The van der Waals surface area contributed by atoms with Crippen molar-refractivity contribution in [2.24, 2.45) is 5.92 Å².